The SMILES string of the molecule is COCOc1ccc(Br)cc1-c1cc(Br)ccc1OCOC. The molecular weight excluding hydrogens is 416 g/mol. The van der Waals surface area contributed by atoms with Gasteiger partial charge in [-0.05, 0) is 36.4 Å². The molecule has 0 unspecified atom stereocenters. The predicted molar refractivity (Wildman–Crippen MR) is 92.3 cm³/mol. The summed E-state index contributed by atoms with van der Waals surface area (Å²) in [5, 5.41) is 0. The van der Waals surface area contributed by atoms with Gasteiger partial charge in [0, 0.05) is 34.3 Å². The zero-order chi connectivity index (χ0) is 15.9. The summed E-state index contributed by atoms with van der Waals surface area (Å²) >= 11 is 6.99. The summed E-state index contributed by atoms with van der Waals surface area (Å²) in [5.41, 5.74) is 1.80. The molecule has 0 fully saturated rings. The highest BCUT2D eigenvalue weighted by molar-refractivity contribution is 9.10. The summed E-state index contributed by atoms with van der Waals surface area (Å²) in [6, 6.07) is 11.6. The van der Waals surface area contributed by atoms with E-state index >= 15 is 0 Å². The molecule has 0 aliphatic carbocycles. The lowest BCUT2D eigenvalue weighted by atomic mass is 10.0. The largest absolute Gasteiger partial charge is 0.467 e. The predicted octanol–water partition coefficient (Wildman–Crippen LogP) is 4.84. The Morgan fingerprint density at radius 1 is 0.727 bits per heavy atom. The van der Waals surface area contributed by atoms with Crippen LogP contribution in [0.1, 0.15) is 0 Å². The van der Waals surface area contributed by atoms with Crippen molar-refractivity contribution in [1.82, 2.24) is 0 Å². The van der Waals surface area contributed by atoms with Crippen LogP contribution in [0.3, 0.4) is 0 Å². The van der Waals surface area contributed by atoms with Crippen LogP contribution in [0.2, 0.25) is 0 Å². The highest BCUT2D eigenvalue weighted by Gasteiger charge is 2.13. The second-order valence-electron chi connectivity index (χ2n) is 4.38. The molecule has 2 aromatic carbocycles. The van der Waals surface area contributed by atoms with Crippen LogP contribution >= 0.6 is 31.9 Å². The molecule has 0 spiro atoms. The van der Waals surface area contributed by atoms with E-state index in [0.29, 0.717) is 11.5 Å². The van der Waals surface area contributed by atoms with E-state index in [1.165, 1.54) is 0 Å². The number of methoxy groups -OCH3 is 2. The van der Waals surface area contributed by atoms with E-state index in [2.05, 4.69) is 31.9 Å². The third kappa shape index (κ3) is 4.46. The molecule has 0 N–H and O–H groups in total. The molecular formula is C16H16Br2O4. The first-order valence-corrected chi connectivity index (χ1v) is 8.07. The van der Waals surface area contributed by atoms with Crippen LogP contribution in [0, 0.1) is 0 Å². The van der Waals surface area contributed by atoms with Crippen LogP contribution in [0.5, 0.6) is 11.5 Å². The first-order chi connectivity index (χ1) is 10.7. The third-order valence-electron chi connectivity index (χ3n) is 2.84. The van der Waals surface area contributed by atoms with Gasteiger partial charge >= 0.3 is 0 Å². The molecule has 0 heterocycles. The second-order valence-corrected chi connectivity index (χ2v) is 6.21. The van der Waals surface area contributed by atoms with Gasteiger partial charge < -0.3 is 18.9 Å². The topological polar surface area (TPSA) is 36.9 Å². The third-order valence-corrected chi connectivity index (χ3v) is 3.82. The zero-order valence-electron chi connectivity index (χ0n) is 12.3. The van der Waals surface area contributed by atoms with Crippen molar-refractivity contribution >= 4 is 31.9 Å². The molecule has 4 nitrogen and oxygen atoms in total. The Bertz CT molecular complexity index is 576. The van der Waals surface area contributed by atoms with Gasteiger partial charge in [-0.1, -0.05) is 31.9 Å². The Hall–Kier alpha value is -1.08. The van der Waals surface area contributed by atoms with Crippen LogP contribution in [0.4, 0.5) is 0 Å². The Kier molecular flexibility index (Phi) is 6.70. The molecule has 0 saturated heterocycles. The summed E-state index contributed by atoms with van der Waals surface area (Å²) in [7, 11) is 3.18. The lowest BCUT2D eigenvalue weighted by Gasteiger charge is -2.15. The number of benzene rings is 2. The van der Waals surface area contributed by atoms with Gasteiger partial charge in [0.1, 0.15) is 11.5 Å². The number of ether oxygens (including phenoxy) is 4. The quantitative estimate of drug-likeness (QED) is 0.587. The van der Waals surface area contributed by atoms with Crippen LogP contribution in [0.15, 0.2) is 45.3 Å². The van der Waals surface area contributed by atoms with Crippen molar-refractivity contribution in [1.29, 1.82) is 0 Å². The molecule has 0 bridgehead atoms. The van der Waals surface area contributed by atoms with E-state index in [4.69, 9.17) is 18.9 Å². The summed E-state index contributed by atoms with van der Waals surface area (Å²) in [4.78, 5) is 0. The van der Waals surface area contributed by atoms with Gasteiger partial charge in [-0.15, -0.1) is 0 Å². The minimum Gasteiger partial charge on any atom is -0.467 e. The monoisotopic (exact) mass is 430 g/mol. The van der Waals surface area contributed by atoms with Crippen LogP contribution < -0.4 is 9.47 Å². The summed E-state index contributed by atoms with van der Waals surface area (Å²) in [6.45, 7) is 0.355. The number of hydrogen-bond donors (Lipinski definition) is 0. The normalized spacial score (nSPS) is 10.5. The van der Waals surface area contributed by atoms with E-state index in [1.54, 1.807) is 14.2 Å². The molecule has 2 aromatic rings. The maximum atomic E-state index is 5.65. The van der Waals surface area contributed by atoms with Crippen LogP contribution in [0.25, 0.3) is 11.1 Å². The Morgan fingerprint density at radius 2 is 1.14 bits per heavy atom. The van der Waals surface area contributed by atoms with Crippen molar-refractivity contribution in [2.75, 3.05) is 27.8 Å². The van der Waals surface area contributed by atoms with E-state index in [9.17, 15) is 0 Å². The van der Waals surface area contributed by atoms with E-state index < -0.39 is 0 Å². The molecule has 0 aliphatic heterocycles. The molecule has 22 heavy (non-hydrogen) atoms. The fraction of sp³-hybridized carbons (Fsp3) is 0.250. The molecule has 2 rings (SSSR count). The average Bonchev–Trinajstić information content (AvgIpc) is 2.52. The van der Waals surface area contributed by atoms with Crippen LogP contribution in [-0.4, -0.2) is 27.8 Å². The standard InChI is InChI=1S/C16H16Br2O4/c1-19-9-21-15-5-3-11(17)7-13(15)14-8-12(18)4-6-16(14)22-10-20-2/h3-8H,9-10H2,1-2H3. The summed E-state index contributed by atoms with van der Waals surface area (Å²) < 4.78 is 23.2. The number of rotatable bonds is 7. The van der Waals surface area contributed by atoms with Crippen molar-refractivity contribution in [3.05, 3.63) is 45.3 Å². The van der Waals surface area contributed by atoms with Crippen molar-refractivity contribution in [2.45, 2.75) is 0 Å². The molecule has 118 valence electrons. The second kappa shape index (κ2) is 8.53. The molecule has 0 atom stereocenters. The van der Waals surface area contributed by atoms with Gasteiger partial charge in [-0.2, -0.15) is 0 Å². The molecule has 0 radical (unpaired) electrons. The molecule has 6 heteroatoms. The first-order valence-electron chi connectivity index (χ1n) is 6.48. The highest BCUT2D eigenvalue weighted by atomic mass is 79.9. The van der Waals surface area contributed by atoms with E-state index in [1.807, 2.05) is 36.4 Å². The van der Waals surface area contributed by atoms with Gasteiger partial charge in [-0.25, -0.2) is 0 Å². The minimum absolute atomic E-state index is 0.177. The van der Waals surface area contributed by atoms with Gasteiger partial charge in [0.15, 0.2) is 13.6 Å². The molecule has 0 aliphatic rings. The molecule has 0 aromatic heterocycles. The average molecular weight is 432 g/mol. The molecule has 0 amide bonds. The van der Waals surface area contributed by atoms with Crippen molar-refractivity contribution in [3.8, 4) is 22.6 Å². The number of halogens is 2. The van der Waals surface area contributed by atoms with E-state index in [-0.39, 0.29) is 13.6 Å². The zero-order valence-corrected chi connectivity index (χ0v) is 15.4. The van der Waals surface area contributed by atoms with Gasteiger partial charge in [0.05, 0.1) is 0 Å². The Labute approximate surface area is 146 Å². The summed E-state index contributed by atoms with van der Waals surface area (Å²) in [6.07, 6.45) is 0. The smallest absolute Gasteiger partial charge is 0.188 e. The Morgan fingerprint density at radius 3 is 1.50 bits per heavy atom. The van der Waals surface area contributed by atoms with Gasteiger partial charge in [0.2, 0.25) is 0 Å². The van der Waals surface area contributed by atoms with Crippen molar-refractivity contribution in [2.24, 2.45) is 0 Å². The van der Waals surface area contributed by atoms with Crippen LogP contribution in [-0.2, 0) is 9.47 Å². The van der Waals surface area contributed by atoms with Crippen molar-refractivity contribution < 1.29 is 18.9 Å². The van der Waals surface area contributed by atoms with E-state index in [0.717, 1.165) is 20.1 Å². The first kappa shape index (κ1) is 17.3. The highest BCUT2D eigenvalue weighted by Crippen LogP contribution is 2.39. The maximum absolute atomic E-state index is 5.65. The Balaban J connectivity index is 2.49. The lowest BCUT2D eigenvalue weighted by Crippen LogP contribution is -2.03. The summed E-state index contributed by atoms with van der Waals surface area (Å²) in [5.74, 6) is 1.43. The number of hydrogen-bond acceptors (Lipinski definition) is 4. The fourth-order valence-electron chi connectivity index (χ4n) is 1.92. The minimum atomic E-state index is 0.177. The fourth-order valence-corrected chi connectivity index (χ4v) is 2.64. The van der Waals surface area contributed by atoms with Crippen molar-refractivity contribution in [3.63, 3.8) is 0 Å². The maximum Gasteiger partial charge on any atom is 0.188 e. The van der Waals surface area contributed by atoms with Gasteiger partial charge in [0.25, 0.3) is 0 Å². The lowest BCUT2D eigenvalue weighted by molar-refractivity contribution is 0.0500. The van der Waals surface area contributed by atoms with Gasteiger partial charge in [-0.3, -0.25) is 0 Å². The molecule has 0 saturated carbocycles.